The number of rotatable bonds is 5. The van der Waals surface area contributed by atoms with Gasteiger partial charge in [-0.2, -0.15) is 0 Å². The van der Waals surface area contributed by atoms with Gasteiger partial charge in [-0.3, -0.25) is 0 Å². The molecule has 1 aromatic rings. The van der Waals surface area contributed by atoms with Crippen LogP contribution in [0.25, 0.3) is 0 Å². The molecule has 1 rings (SSSR count). The Morgan fingerprint density at radius 2 is 1.72 bits per heavy atom. The van der Waals surface area contributed by atoms with Crippen molar-refractivity contribution in [3.05, 3.63) is 23.3 Å². The fraction of sp³-hybridized carbons (Fsp3) is 0.600. The lowest BCUT2D eigenvalue weighted by Crippen LogP contribution is -2.48. The SMILES string of the molecule is CNCC(C)(C)N(C)c1cc(C)c(OC)c(C)c1. The Bertz CT molecular complexity index is 390. The molecular weight excluding hydrogens is 224 g/mol. The summed E-state index contributed by atoms with van der Waals surface area (Å²) in [7, 11) is 5.85. The molecule has 0 radical (unpaired) electrons. The van der Waals surface area contributed by atoms with Gasteiger partial charge < -0.3 is 15.0 Å². The lowest BCUT2D eigenvalue weighted by atomic mass is 10.0. The number of ether oxygens (including phenoxy) is 1. The molecule has 0 spiro atoms. The highest BCUT2D eigenvalue weighted by Crippen LogP contribution is 2.30. The van der Waals surface area contributed by atoms with Gasteiger partial charge in [-0.25, -0.2) is 0 Å². The van der Waals surface area contributed by atoms with Crippen LogP contribution in [0.5, 0.6) is 5.75 Å². The van der Waals surface area contributed by atoms with Crippen molar-refractivity contribution in [1.29, 1.82) is 0 Å². The topological polar surface area (TPSA) is 24.5 Å². The molecule has 0 saturated heterocycles. The van der Waals surface area contributed by atoms with E-state index in [0.717, 1.165) is 12.3 Å². The maximum atomic E-state index is 5.41. The minimum Gasteiger partial charge on any atom is -0.496 e. The molecular formula is C15H26N2O. The summed E-state index contributed by atoms with van der Waals surface area (Å²) in [4.78, 5) is 2.31. The van der Waals surface area contributed by atoms with Crippen LogP contribution in [-0.2, 0) is 0 Å². The van der Waals surface area contributed by atoms with Gasteiger partial charge in [0.1, 0.15) is 5.75 Å². The van der Waals surface area contributed by atoms with Gasteiger partial charge >= 0.3 is 0 Å². The van der Waals surface area contributed by atoms with Crippen molar-refractivity contribution in [3.8, 4) is 5.75 Å². The molecule has 0 bridgehead atoms. The largest absolute Gasteiger partial charge is 0.496 e. The van der Waals surface area contributed by atoms with Crippen LogP contribution in [0.2, 0.25) is 0 Å². The van der Waals surface area contributed by atoms with E-state index in [4.69, 9.17) is 4.74 Å². The summed E-state index contributed by atoms with van der Waals surface area (Å²) in [6.45, 7) is 9.59. The first kappa shape index (κ1) is 14.8. The average Bonchev–Trinajstić information content (AvgIpc) is 2.27. The number of aryl methyl sites for hydroxylation is 2. The summed E-state index contributed by atoms with van der Waals surface area (Å²) >= 11 is 0. The maximum Gasteiger partial charge on any atom is 0.124 e. The summed E-state index contributed by atoms with van der Waals surface area (Å²) in [5, 5.41) is 3.24. The highest BCUT2D eigenvalue weighted by Gasteiger charge is 2.23. The second-order valence-electron chi connectivity index (χ2n) is 5.51. The van der Waals surface area contributed by atoms with Crippen LogP contribution < -0.4 is 15.0 Å². The van der Waals surface area contributed by atoms with E-state index in [2.05, 4.69) is 57.1 Å². The molecule has 0 heterocycles. The molecule has 0 amide bonds. The first-order valence-electron chi connectivity index (χ1n) is 6.37. The third kappa shape index (κ3) is 2.96. The Hall–Kier alpha value is -1.22. The van der Waals surface area contributed by atoms with E-state index in [0.29, 0.717) is 0 Å². The molecule has 0 aliphatic heterocycles. The van der Waals surface area contributed by atoms with Gasteiger partial charge in [-0.05, 0) is 58.0 Å². The first-order chi connectivity index (χ1) is 8.33. The highest BCUT2D eigenvalue weighted by molar-refractivity contribution is 5.57. The van der Waals surface area contributed by atoms with Gasteiger partial charge in [0.05, 0.1) is 7.11 Å². The minimum absolute atomic E-state index is 0.0716. The predicted molar refractivity (Wildman–Crippen MR) is 78.9 cm³/mol. The monoisotopic (exact) mass is 250 g/mol. The van der Waals surface area contributed by atoms with Crippen LogP contribution in [0.3, 0.4) is 0 Å². The van der Waals surface area contributed by atoms with E-state index in [1.165, 1.54) is 16.8 Å². The van der Waals surface area contributed by atoms with Crippen molar-refractivity contribution in [1.82, 2.24) is 5.32 Å². The van der Waals surface area contributed by atoms with Crippen molar-refractivity contribution < 1.29 is 4.74 Å². The summed E-state index contributed by atoms with van der Waals surface area (Å²) < 4.78 is 5.41. The predicted octanol–water partition coefficient (Wildman–Crippen LogP) is 2.75. The van der Waals surface area contributed by atoms with E-state index < -0.39 is 0 Å². The molecule has 1 aromatic carbocycles. The van der Waals surface area contributed by atoms with Gasteiger partial charge in [0, 0.05) is 24.8 Å². The molecule has 0 atom stereocenters. The lowest BCUT2D eigenvalue weighted by molar-refractivity contribution is 0.408. The van der Waals surface area contributed by atoms with Crippen LogP contribution in [0.4, 0.5) is 5.69 Å². The van der Waals surface area contributed by atoms with Gasteiger partial charge in [0.25, 0.3) is 0 Å². The molecule has 0 saturated carbocycles. The number of likely N-dealkylation sites (N-methyl/N-ethyl adjacent to an activating group) is 2. The molecule has 0 aliphatic carbocycles. The number of nitrogens with zero attached hydrogens (tertiary/aromatic N) is 1. The summed E-state index contributed by atoms with van der Waals surface area (Å²) in [6, 6.07) is 4.37. The molecule has 0 aliphatic rings. The van der Waals surface area contributed by atoms with E-state index in [1.807, 2.05) is 7.05 Å². The lowest BCUT2D eigenvalue weighted by Gasteiger charge is -2.38. The number of methoxy groups -OCH3 is 1. The molecule has 0 unspecified atom stereocenters. The van der Waals surface area contributed by atoms with Crippen molar-refractivity contribution >= 4 is 5.69 Å². The molecule has 0 fully saturated rings. The average molecular weight is 250 g/mol. The van der Waals surface area contributed by atoms with Gasteiger partial charge in [0.15, 0.2) is 0 Å². The first-order valence-corrected chi connectivity index (χ1v) is 6.37. The van der Waals surface area contributed by atoms with Crippen LogP contribution in [-0.4, -0.2) is 33.3 Å². The fourth-order valence-electron chi connectivity index (χ4n) is 2.34. The Labute approximate surface area is 111 Å². The normalized spacial score (nSPS) is 11.5. The summed E-state index contributed by atoms with van der Waals surface area (Å²) in [6.07, 6.45) is 0. The fourth-order valence-corrected chi connectivity index (χ4v) is 2.34. The van der Waals surface area contributed by atoms with E-state index in [9.17, 15) is 0 Å². The van der Waals surface area contributed by atoms with E-state index >= 15 is 0 Å². The van der Waals surface area contributed by atoms with Crippen LogP contribution in [0.15, 0.2) is 12.1 Å². The number of benzene rings is 1. The number of nitrogens with one attached hydrogen (secondary N) is 1. The van der Waals surface area contributed by atoms with E-state index in [1.54, 1.807) is 7.11 Å². The molecule has 3 nitrogen and oxygen atoms in total. The van der Waals surface area contributed by atoms with Gasteiger partial charge in [-0.15, -0.1) is 0 Å². The highest BCUT2D eigenvalue weighted by atomic mass is 16.5. The van der Waals surface area contributed by atoms with Crippen LogP contribution in [0, 0.1) is 13.8 Å². The van der Waals surface area contributed by atoms with Gasteiger partial charge in [0.2, 0.25) is 0 Å². The zero-order valence-corrected chi connectivity index (χ0v) is 12.7. The number of anilines is 1. The Morgan fingerprint density at radius 3 is 2.11 bits per heavy atom. The second kappa shape index (κ2) is 5.61. The quantitative estimate of drug-likeness (QED) is 0.869. The standard InChI is InChI=1S/C15H26N2O/c1-11-8-13(9-12(2)14(11)18-7)17(6)15(3,4)10-16-5/h8-9,16H,10H2,1-7H3. The number of hydrogen-bond donors (Lipinski definition) is 1. The summed E-state index contributed by atoms with van der Waals surface area (Å²) in [5.41, 5.74) is 3.66. The second-order valence-corrected chi connectivity index (χ2v) is 5.51. The molecule has 18 heavy (non-hydrogen) atoms. The van der Waals surface area contributed by atoms with Crippen molar-refractivity contribution in [2.75, 3.05) is 32.6 Å². The molecule has 0 aromatic heterocycles. The smallest absolute Gasteiger partial charge is 0.124 e. The molecule has 102 valence electrons. The number of hydrogen-bond acceptors (Lipinski definition) is 3. The van der Waals surface area contributed by atoms with E-state index in [-0.39, 0.29) is 5.54 Å². The minimum atomic E-state index is 0.0716. The molecule has 3 heteroatoms. The van der Waals surface area contributed by atoms with Crippen molar-refractivity contribution in [2.24, 2.45) is 0 Å². The zero-order chi connectivity index (χ0) is 13.9. The Morgan fingerprint density at radius 1 is 1.22 bits per heavy atom. The molecule has 1 N–H and O–H groups in total. The van der Waals surface area contributed by atoms with Crippen LogP contribution >= 0.6 is 0 Å². The third-order valence-corrected chi connectivity index (χ3v) is 3.55. The van der Waals surface area contributed by atoms with Crippen LogP contribution in [0.1, 0.15) is 25.0 Å². The Balaban J connectivity index is 3.11. The van der Waals surface area contributed by atoms with Crippen molar-refractivity contribution in [2.45, 2.75) is 33.2 Å². The zero-order valence-electron chi connectivity index (χ0n) is 12.7. The third-order valence-electron chi connectivity index (χ3n) is 3.55. The van der Waals surface area contributed by atoms with Crippen molar-refractivity contribution in [3.63, 3.8) is 0 Å². The summed E-state index contributed by atoms with van der Waals surface area (Å²) in [5.74, 6) is 0.985. The Kier molecular flexibility index (Phi) is 4.63. The maximum absolute atomic E-state index is 5.41. The van der Waals surface area contributed by atoms with Gasteiger partial charge in [-0.1, -0.05) is 0 Å².